The number of piperidine rings is 1. The number of likely N-dealkylation sites (tertiary alicyclic amines) is 1. The van der Waals surface area contributed by atoms with Gasteiger partial charge in [0.1, 0.15) is 5.54 Å². The molecule has 1 heterocycles. The lowest BCUT2D eigenvalue weighted by Gasteiger charge is -2.46. The minimum Gasteiger partial charge on any atom is -0.467 e. The number of ether oxygens (including phenoxy) is 1. The van der Waals surface area contributed by atoms with E-state index in [0.717, 1.165) is 38.2 Å². The number of aryl methyl sites for hydroxylation is 1. The van der Waals surface area contributed by atoms with Crippen molar-refractivity contribution in [2.75, 3.05) is 31.6 Å². The first-order valence-corrected chi connectivity index (χ1v) is 10.8. The first-order chi connectivity index (χ1) is 14.6. The summed E-state index contributed by atoms with van der Waals surface area (Å²) in [6.45, 7) is 4.36. The fourth-order valence-electron chi connectivity index (χ4n) is 4.37. The Morgan fingerprint density at radius 1 is 1.00 bits per heavy atom. The fraction of sp³-hybridized carbons (Fsp3) is 0.440. The second kappa shape index (κ2) is 10.4. The number of rotatable bonds is 8. The minimum atomic E-state index is -0.945. The largest absolute Gasteiger partial charge is 0.467 e. The van der Waals surface area contributed by atoms with Gasteiger partial charge >= 0.3 is 5.97 Å². The number of anilines is 1. The highest BCUT2D eigenvalue weighted by Gasteiger charge is 2.49. The molecule has 2 aromatic carbocycles. The molecule has 2 aromatic rings. The molecule has 1 aliphatic heterocycles. The molecule has 0 aromatic heterocycles. The SMILES string of the molecule is CCC(=O)N(c1ccccc1)C1(C(=O)OC)CCN(CCCc2ccccc2)CC1. The van der Waals surface area contributed by atoms with Gasteiger partial charge in [-0.05, 0) is 49.9 Å². The number of amides is 1. The summed E-state index contributed by atoms with van der Waals surface area (Å²) in [5.74, 6) is -0.374. The number of benzene rings is 2. The van der Waals surface area contributed by atoms with Gasteiger partial charge in [-0.3, -0.25) is 9.69 Å². The number of para-hydroxylation sites is 1. The summed E-state index contributed by atoms with van der Waals surface area (Å²) >= 11 is 0. The quantitative estimate of drug-likeness (QED) is 0.618. The van der Waals surface area contributed by atoms with E-state index in [2.05, 4.69) is 29.2 Å². The highest BCUT2D eigenvalue weighted by atomic mass is 16.5. The van der Waals surface area contributed by atoms with Gasteiger partial charge in [-0.2, -0.15) is 0 Å². The van der Waals surface area contributed by atoms with Gasteiger partial charge in [-0.1, -0.05) is 55.5 Å². The lowest BCUT2D eigenvalue weighted by Crippen LogP contribution is -2.62. The first kappa shape index (κ1) is 22.0. The van der Waals surface area contributed by atoms with Crippen LogP contribution >= 0.6 is 0 Å². The van der Waals surface area contributed by atoms with Crippen LogP contribution in [0.2, 0.25) is 0 Å². The van der Waals surface area contributed by atoms with Crippen LogP contribution in [0.25, 0.3) is 0 Å². The minimum absolute atomic E-state index is 0.0517. The highest BCUT2D eigenvalue weighted by Crippen LogP contribution is 2.35. The number of hydrogen-bond donors (Lipinski definition) is 0. The van der Waals surface area contributed by atoms with Crippen molar-refractivity contribution in [3.05, 3.63) is 66.2 Å². The Bertz CT molecular complexity index is 815. The topological polar surface area (TPSA) is 49.9 Å². The Hall–Kier alpha value is -2.66. The van der Waals surface area contributed by atoms with Crippen molar-refractivity contribution >= 4 is 17.6 Å². The zero-order valence-corrected chi connectivity index (χ0v) is 18.0. The van der Waals surface area contributed by atoms with Crippen LogP contribution in [-0.2, 0) is 20.7 Å². The Morgan fingerprint density at radius 3 is 2.17 bits per heavy atom. The average molecular weight is 409 g/mol. The lowest BCUT2D eigenvalue weighted by atomic mass is 9.84. The Balaban J connectivity index is 1.72. The predicted molar refractivity (Wildman–Crippen MR) is 119 cm³/mol. The second-order valence-corrected chi connectivity index (χ2v) is 7.87. The molecule has 1 fully saturated rings. The second-order valence-electron chi connectivity index (χ2n) is 7.87. The maximum absolute atomic E-state index is 13.0. The van der Waals surface area contributed by atoms with E-state index in [-0.39, 0.29) is 11.9 Å². The molecule has 1 aliphatic rings. The van der Waals surface area contributed by atoms with Crippen LogP contribution in [-0.4, -0.2) is 49.1 Å². The van der Waals surface area contributed by atoms with Gasteiger partial charge in [0.05, 0.1) is 7.11 Å². The van der Waals surface area contributed by atoms with Crippen molar-refractivity contribution < 1.29 is 14.3 Å². The summed E-state index contributed by atoms with van der Waals surface area (Å²) in [5.41, 5.74) is 1.16. The van der Waals surface area contributed by atoms with Crippen LogP contribution in [0.4, 0.5) is 5.69 Å². The summed E-state index contributed by atoms with van der Waals surface area (Å²) in [7, 11) is 1.41. The van der Waals surface area contributed by atoms with Gasteiger partial charge in [-0.25, -0.2) is 4.79 Å². The van der Waals surface area contributed by atoms with E-state index in [1.807, 2.05) is 43.3 Å². The first-order valence-electron chi connectivity index (χ1n) is 10.8. The molecule has 0 saturated carbocycles. The van der Waals surface area contributed by atoms with Crippen molar-refractivity contribution in [1.82, 2.24) is 4.90 Å². The van der Waals surface area contributed by atoms with E-state index in [0.29, 0.717) is 19.3 Å². The Kier molecular flexibility index (Phi) is 7.63. The van der Waals surface area contributed by atoms with Crippen LogP contribution in [0.3, 0.4) is 0 Å². The molecule has 0 unspecified atom stereocenters. The number of esters is 1. The van der Waals surface area contributed by atoms with E-state index in [9.17, 15) is 9.59 Å². The third-order valence-electron chi connectivity index (χ3n) is 6.03. The van der Waals surface area contributed by atoms with Gasteiger partial charge in [0.15, 0.2) is 0 Å². The number of nitrogens with zero attached hydrogens (tertiary/aromatic N) is 2. The Morgan fingerprint density at radius 2 is 1.60 bits per heavy atom. The van der Waals surface area contributed by atoms with E-state index in [1.165, 1.54) is 12.7 Å². The molecule has 3 rings (SSSR count). The summed E-state index contributed by atoms with van der Waals surface area (Å²) in [5, 5.41) is 0. The van der Waals surface area contributed by atoms with Crippen molar-refractivity contribution in [2.24, 2.45) is 0 Å². The molecule has 0 atom stereocenters. The molecule has 0 radical (unpaired) electrons. The molecule has 0 N–H and O–H groups in total. The number of hydrogen-bond acceptors (Lipinski definition) is 4. The van der Waals surface area contributed by atoms with Gasteiger partial charge in [0.2, 0.25) is 5.91 Å². The molecule has 30 heavy (non-hydrogen) atoms. The molecular weight excluding hydrogens is 376 g/mol. The molecule has 1 amide bonds. The number of methoxy groups -OCH3 is 1. The molecule has 1 saturated heterocycles. The number of carbonyl (C=O) groups is 2. The van der Waals surface area contributed by atoms with Gasteiger partial charge in [-0.15, -0.1) is 0 Å². The third kappa shape index (κ3) is 4.90. The highest BCUT2D eigenvalue weighted by molar-refractivity contribution is 6.02. The summed E-state index contributed by atoms with van der Waals surface area (Å²) < 4.78 is 5.21. The zero-order valence-electron chi connectivity index (χ0n) is 18.0. The predicted octanol–water partition coefficient (Wildman–Crippen LogP) is 4.07. The molecule has 0 spiro atoms. The zero-order chi connectivity index (χ0) is 21.4. The summed E-state index contributed by atoms with van der Waals surface area (Å²) in [6.07, 6.45) is 3.61. The Labute approximate surface area is 179 Å². The van der Waals surface area contributed by atoms with Crippen molar-refractivity contribution in [3.63, 3.8) is 0 Å². The van der Waals surface area contributed by atoms with Gasteiger partial charge in [0.25, 0.3) is 0 Å². The van der Waals surface area contributed by atoms with Crippen molar-refractivity contribution in [1.29, 1.82) is 0 Å². The van der Waals surface area contributed by atoms with Crippen LogP contribution in [0, 0.1) is 0 Å². The lowest BCUT2D eigenvalue weighted by molar-refractivity contribution is -0.151. The van der Waals surface area contributed by atoms with Crippen molar-refractivity contribution in [2.45, 2.75) is 44.6 Å². The summed E-state index contributed by atoms with van der Waals surface area (Å²) in [4.78, 5) is 30.0. The molecule has 5 heteroatoms. The average Bonchev–Trinajstić information content (AvgIpc) is 2.81. The van der Waals surface area contributed by atoms with E-state index < -0.39 is 5.54 Å². The summed E-state index contributed by atoms with van der Waals surface area (Å²) in [6, 6.07) is 20.0. The molecule has 160 valence electrons. The number of carbonyl (C=O) groups excluding carboxylic acids is 2. The van der Waals surface area contributed by atoms with E-state index in [4.69, 9.17) is 4.74 Å². The van der Waals surface area contributed by atoms with Crippen LogP contribution < -0.4 is 4.90 Å². The monoisotopic (exact) mass is 408 g/mol. The fourth-order valence-corrected chi connectivity index (χ4v) is 4.37. The normalized spacial score (nSPS) is 16.1. The standard InChI is InChI=1S/C25H32N2O3/c1-3-23(28)27(22-14-8-5-9-15-22)25(24(29)30-2)16-19-26(20-17-25)18-10-13-21-11-6-4-7-12-21/h4-9,11-12,14-15H,3,10,13,16-20H2,1-2H3. The molecule has 0 aliphatic carbocycles. The van der Waals surface area contributed by atoms with Crippen molar-refractivity contribution in [3.8, 4) is 0 Å². The van der Waals surface area contributed by atoms with E-state index >= 15 is 0 Å². The maximum atomic E-state index is 13.0. The molecule has 5 nitrogen and oxygen atoms in total. The molecule has 0 bridgehead atoms. The van der Waals surface area contributed by atoms with Gasteiger partial charge < -0.3 is 9.64 Å². The molecular formula is C25H32N2O3. The van der Waals surface area contributed by atoms with Gasteiger partial charge in [0, 0.05) is 25.2 Å². The van der Waals surface area contributed by atoms with E-state index in [1.54, 1.807) is 4.90 Å². The third-order valence-corrected chi connectivity index (χ3v) is 6.03. The van der Waals surface area contributed by atoms with Crippen LogP contribution in [0.5, 0.6) is 0 Å². The van der Waals surface area contributed by atoms with Crippen LogP contribution in [0.15, 0.2) is 60.7 Å². The smallest absolute Gasteiger partial charge is 0.332 e. The van der Waals surface area contributed by atoms with Crippen LogP contribution in [0.1, 0.15) is 38.2 Å². The maximum Gasteiger partial charge on any atom is 0.332 e.